The molecular formula is C16H20N4O2. The highest BCUT2D eigenvalue weighted by Gasteiger charge is 2.33. The van der Waals surface area contributed by atoms with Crippen molar-refractivity contribution in [3.05, 3.63) is 40.8 Å². The number of pyridine rings is 1. The Labute approximate surface area is 129 Å². The van der Waals surface area contributed by atoms with Crippen LogP contribution in [0.25, 0.3) is 0 Å². The predicted molar refractivity (Wildman–Crippen MR) is 81.9 cm³/mol. The summed E-state index contributed by atoms with van der Waals surface area (Å²) in [7, 11) is 1.56. The van der Waals surface area contributed by atoms with Crippen molar-refractivity contribution < 1.29 is 9.53 Å². The molecule has 1 aliphatic heterocycles. The molecule has 0 radical (unpaired) electrons. The van der Waals surface area contributed by atoms with E-state index in [4.69, 9.17) is 4.74 Å². The van der Waals surface area contributed by atoms with E-state index >= 15 is 0 Å². The number of carbonyl (C=O) groups excluding carboxylic acids is 1. The fraction of sp³-hybridized carbons (Fsp3) is 0.438. The van der Waals surface area contributed by atoms with Crippen LogP contribution in [-0.2, 0) is 0 Å². The first-order chi connectivity index (χ1) is 10.6. The molecule has 116 valence electrons. The van der Waals surface area contributed by atoms with E-state index in [2.05, 4.69) is 15.2 Å². The molecule has 1 saturated heterocycles. The van der Waals surface area contributed by atoms with Gasteiger partial charge in [0.1, 0.15) is 0 Å². The second-order valence-electron chi connectivity index (χ2n) is 5.59. The van der Waals surface area contributed by atoms with Gasteiger partial charge in [-0.3, -0.25) is 9.89 Å². The van der Waals surface area contributed by atoms with Gasteiger partial charge < -0.3 is 9.64 Å². The molecule has 1 aliphatic rings. The van der Waals surface area contributed by atoms with Gasteiger partial charge in [-0.1, -0.05) is 0 Å². The van der Waals surface area contributed by atoms with Gasteiger partial charge in [0.15, 0.2) is 0 Å². The van der Waals surface area contributed by atoms with Crippen LogP contribution in [0.2, 0.25) is 0 Å². The van der Waals surface area contributed by atoms with Crippen LogP contribution in [0.1, 0.15) is 46.2 Å². The first-order valence-corrected chi connectivity index (χ1v) is 7.44. The normalized spacial score (nSPS) is 17.8. The molecule has 0 aromatic carbocycles. The summed E-state index contributed by atoms with van der Waals surface area (Å²) in [6, 6.07) is 3.57. The van der Waals surface area contributed by atoms with Gasteiger partial charge in [-0.25, -0.2) is 4.98 Å². The van der Waals surface area contributed by atoms with Crippen LogP contribution in [0, 0.1) is 13.8 Å². The van der Waals surface area contributed by atoms with Crippen LogP contribution in [0.5, 0.6) is 5.88 Å². The van der Waals surface area contributed by atoms with Crippen molar-refractivity contribution in [1.82, 2.24) is 20.1 Å². The van der Waals surface area contributed by atoms with E-state index < -0.39 is 0 Å². The number of methoxy groups -OCH3 is 1. The molecule has 1 N–H and O–H groups in total. The van der Waals surface area contributed by atoms with Crippen LogP contribution in [-0.4, -0.2) is 39.6 Å². The van der Waals surface area contributed by atoms with E-state index in [1.807, 2.05) is 18.7 Å². The molecule has 1 unspecified atom stereocenters. The lowest BCUT2D eigenvalue weighted by molar-refractivity contribution is 0.0734. The summed E-state index contributed by atoms with van der Waals surface area (Å²) in [5, 5.41) is 7.27. The van der Waals surface area contributed by atoms with Gasteiger partial charge in [0.25, 0.3) is 5.91 Å². The monoisotopic (exact) mass is 300 g/mol. The molecule has 2 aromatic heterocycles. The molecule has 1 atom stereocenters. The number of aromatic amines is 1. The molecule has 0 aliphatic carbocycles. The minimum absolute atomic E-state index is 0.0117. The minimum Gasteiger partial charge on any atom is -0.481 e. The summed E-state index contributed by atoms with van der Waals surface area (Å²) in [6.45, 7) is 4.75. The number of hydrogen-bond donors (Lipinski definition) is 1. The minimum atomic E-state index is 0.0117. The van der Waals surface area contributed by atoms with Gasteiger partial charge >= 0.3 is 0 Å². The number of nitrogens with one attached hydrogen (secondary N) is 1. The molecule has 0 bridgehead atoms. The molecule has 3 rings (SSSR count). The SMILES string of the molecule is COc1ccc(C(=O)N2CCCC2c2c(C)n[nH]c2C)cn1. The Bertz CT molecular complexity index is 658. The Balaban J connectivity index is 1.87. The Hall–Kier alpha value is -2.37. The summed E-state index contributed by atoms with van der Waals surface area (Å²) < 4.78 is 5.04. The van der Waals surface area contributed by atoms with E-state index in [9.17, 15) is 4.79 Å². The zero-order valence-electron chi connectivity index (χ0n) is 13.1. The highest BCUT2D eigenvalue weighted by Crippen LogP contribution is 2.35. The van der Waals surface area contributed by atoms with Crippen LogP contribution in [0.4, 0.5) is 0 Å². The van der Waals surface area contributed by atoms with Gasteiger partial charge in [0.2, 0.25) is 5.88 Å². The van der Waals surface area contributed by atoms with E-state index in [0.29, 0.717) is 11.4 Å². The third kappa shape index (κ3) is 2.45. The van der Waals surface area contributed by atoms with Crippen LogP contribution >= 0.6 is 0 Å². The number of aryl methyl sites for hydroxylation is 2. The Morgan fingerprint density at radius 3 is 2.82 bits per heavy atom. The van der Waals surface area contributed by atoms with Crippen LogP contribution in [0.15, 0.2) is 18.3 Å². The van der Waals surface area contributed by atoms with Crippen LogP contribution < -0.4 is 4.74 Å². The maximum atomic E-state index is 12.8. The highest BCUT2D eigenvalue weighted by atomic mass is 16.5. The molecule has 3 heterocycles. The molecule has 2 aromatic rings. The molecule has 0 saturated carbocycles. The van der Waals surface area contributed by atoms with Gasteiger partial charge in [-0.05, 0) is 32.8 Å². The first-order valence-electron chi connectivity index (χ1n) is 7.44. The molecule has 22 heavy (non-hydrogen) atoms. The van der Waals surface area contributed by atoms with Gasteiger partial charge in [0, 0.05) is 30.1 Å². The Morgan fingerprint density at radius 2 is 2.23 bits per heavy atom. The number of carbonyl (C=O) groups is 1. The number of H-pyrrole nitrogens is 1. The third-order valence-corrected chi connectivity index (χ3v) is 4.22. The van der Waals surface area contributed by atoms with E-state index in [1.165, 1.54) is 0 Å². The standard InChI is InChI=1S/C16H20N4O2/c1-10-15(11(2)19-18-10)13-5-4-8-20(13)16(21)12-6-7-14(22-3)17-9-12/h6-7,9,13H,4-5,8H2,1-3H3,(H,18,19). The van der Waals surface area contributed by atoms with Crippen molar-refractivity contribution in [2.75, 3.05) is 13.7 Å². The number of ether oxygens (including phenoxy) is 1. The molecule has 1 amide bonds. The van der Waals surface area contributed by atoms with Crippen molar-refractivity contribution in [3.63, 3.8) is 0 Å². The van der Waals surface area contributed by atoms with Gasteiger partial charge in [-0.15, -0.1) is 0 Å². The van der Waals surface area contributed by atoms with Gasteiger partial charge in [0.05, 0.1) is 24.4 Å². The van der Waals surface area contributed by atoms with Crippen molar-refractivity contribution >= 4 is 5.91 Å². The van der Waals surface area contributed by atoms with Crippen molar-refractivity contribution in [2.24, 2.45) is 0 Å². The lowest BCUT2D eigenvalue weighted by Gasteiger charge is -2.25. The fourth-order valence-electron chi connectivity index (χ4n) is 3.15. The fourth-order valence-corrected chi connectivity index (χ4v) is 3.15. The maximum absolute atomic E-state index is 12.8. The van der Waals surface area contributed by atoms with E-state index in [1.54, 1.807) is 25.4 Å². The number of hydrogen-bond acceptors (Lipinski definition) is 4. The average Bonchev–Trinajstić information content (AvgIpc) is 3.13. The molecule has 0 spiro atoms. The first kappa shape index (κ1) is 14.6. The summed E-state index contributed by atoms with van der Waals surface area (Å²) in [6.07, 6.45) is 3.55. The molecule has 1 fully saturated rings. The number of rotatable bonds is 3. The molecule has 6 heteroatoms. The van der Waals surface area contributed by atoms with Crippen molar-refractivity contribution in [1.29, 1.82) is 0 Å². The summed E-state index contributed by atoms with van der Waals surface area (Å²) >= 11 is 0. The summed E-state index contributed by atoms with van der Waals surface area (Å²) in [4.78, 5) is 18.8. The van der Waals surface area contributed by atoms with Crippen LogP contribution in [0.3, 0.4) is 0 Å². The molecular weight excluding hydrogens is 280 g/mol. The van der Waals surface area contributed by atoms with Crippen molar-refractivity contribution in [3.8, 4) is 5.88 Å². The second-order valence-corrected chi connectivity index (χ2v) is 5.59. The lowest BCUT2D eigenvalue weighted by Crippen LogP contribution is -2.31. The number of amides is 1. The number of likely N-dealkylation sites (tertiary alicyclic amines) is 1. The zero-order chi connectivity index (χ0) is 15.7. The van der Waals surface area contributed by atoms with E-state index in [0.717, 1.165) is 36.3 Å². The van der Waals surface area contributed by atoms with Gasteiger partial charge in [-0.2, -0.15) is 5.10 Å². The second kappa shape index (κ2) is 5.79. The average molecular weight is 300 g/mol. The topological polar surface area (TPSA) is 71.1 Å². The third-order valence-electron chi connectivity index (χ3n) is 4.22. The Morgan fingerprint density at radius 1 is 1.41 bits per heavy atom. The largest absolute Gasteiger partial charge is 0.481 e. The zero-order valence-corrected chi connectivity index (χ0v) is 13.1. The summed E-state index contributed by atoms with van der Waals surface area (Å²) in [5.74, 6) is 0.522. The smallest absolute Gasteiger partial charge is 0.255 e. The van der Waals surface area contributed by atoms with E-state index in [-0.39, 0.29) is 11.9 Å². The number of aromatic nitrogens is 3. The Kier molecular flexibility index (Phi) is 3.83. The molecule has 6 nitrogen and oxygen atoms in total. The summed E-state index contributed by atoms with van der Waals surface area (Å²) in [5.41, 5.74) is 3.74. The van der Waals surface area contributed by atoms with Crippen molar-refractivity contribution in [2.45, 2.75) is 32.7 Å². The lowest BCUT2D eigenvalue weighted by atomic mass is 10.0. The maximum Gasteiger partial charge on any atom is 0.255 e. The predicted octanol–water partition coefficient (Wildman–Crippen LogP) is 2.41. The highest BCUT2D eigenvalue weighted by molar-refractivity contribution is 5.94. The quantitative estimate of drug-likeness (QED) is 0.945. The number of nitrogens with zero attached hydrogens (tertiary/aromatic N) is 3.